The van der Waals surface area contributed by atoms with Crippen molar-refractivity contribution in [1.82, 2.24) is 9.97 Å². The molecule has 0 saturated carbocycles. The van der Waals surface area contributed by atoms with Gasteiger partial charge in [-0.25, -0.2) is 9.97 Å². The Kier molecular flexibility index (Phi) is 3.70. The summed E-state index contributed by atoms with van der Waals surface area (Å²) in [6.07, 6.45) is 6.65. The number of aromatic nitrogens is 2. The van der Waals surface area contributed by atoms with E-state index in [0.717, 1.165) is 17.1 Å². The first-order valence-electron chi connectivity index (χ1n) is 5.24. The van der Waals surface area contributed by atoms with Gasteiger partial charge in [-0.1, -0.05) is 12.7 Å². The van der Waals surface area contributed by atoms with E-state index in [1.54, 1.807) is 18.5 Å². The van der Waals surface area contributed by atoms with Gasteiger partial charge in [-0.15, -0.1) is 0 Å². The largest absolute Gasteiger partial charge is 0.490 e. The van der Waals surface area contributed by atoms with Crippen LogP contribution in [0.15, 0.2) is 55.6 Å². The van der Waals surface area contributed by atoms with Gasteiger partial charge >= 0.3 is 0 Å². The van der Waals surface area contributed by atoms with Crippen molar-refractivity contribution in [2.45, 2.75) is 0 Å². The topological polar surface area (TPSA) is 47.0 Å². The molecule has 1 aromatic heterocycles. The molecule has 0 atom stereocenters. The maximum atomic E-state index is 5.39. The number of hydrogen-bond donors (Lipinski definition) is 1. The molecule has 0 spiro atoms. The van der Waals surface area contributed by atoms with Crippen molar-refractivity contribution in [3.05, 3.63) is 55.6 Å². The molecule has 0 amide bonds. The molecule has 86 valence electrons. The van der Waals surface area contributed by atoms with Crippen molar-refractivity contribution in [3.63, 3.8) is 0 Å². The van der Waals surface area contributed by atoms with Crippen molar-refractivity contribution in [2.75, 3.05) is 11.9 Å². The van der Waals surface area contributed by atoms with Gasteiger partial charge in [-0.05, 0) is 24.3 Å². The van der Waals surface area contributed by atoms with Crippen molar-refractivity contribution >= 4 is 11.4 Å². The van der Waals surface area contributed by atoms with Crippen LogP contribution in [-0.2, 0) is 0 Å². The SMILES string of the molecule is C=CCOc1ccc(Nc2cncnc2)cc1. The third-order valence-corrected chi connectivity index (χ3v) is 2.07. The second-order valence-electron chi connectivity index (χ2n) is 3.38. The third-order valence-electron chi connectivity index (χ3n) is 2.07. The predicted octanol–water partition coefficient (Wildman–Crippen LogP) is 2.79. The minimum atomic E-state index is 0.513. The summed E-state index contributed by atoms with van der Waals surface area (Å²) in [5.74, 6) is 0.819. The molecule has 4 heteroatoms. The summed E-state index contributed by atoms with van der Waals surface area (Å²) in [7, 11) is 0. The number of nitrogens with zero attached hydrogens (tertiary/aromatic N) is 2. The number of anilines is 2. The van der Waals surface area contributed by atoms with E-state index < -0.39 is 0 Å². The summed E-state index contributed by atoms with van der Waals surface area (Å²) < 4.78 is 5.39. The van der Waals surface area contributed by atoms with Crippen LogP contribution in [0.25, 0.3) is 0 Å². The van der Waals surface area contributed by atoms with Crippen molar-refractivity contribution in [2.24, 2.45) is 0 Å². The molecular weight excluding hydrogens is 214 g/mol. The van der Waals surface area contributed by atoms with Gasteiger partial charge < -0.3 is 10.1 Å². The zero-order chi connectivity index (χ0) is 11.9. The average molecular weight is 227 g/mol. The molecule has 1 heterocycles. The van der Waals surface area contributed by atoms with Gasteiger partial charge in [0.2, 0.25) is 0 Å². The Morgan fingerprint density at radius 1 is 1.12 bits per heavy atom. The number of hydrogen-bond acceptors (Lipinski definition) is 4. The lowest BCUT2D eigenvalue weighted by atomic mass is 10.3. The van der Waals surface area contributed by atoms with Gasteiger partial charge in [-0.3, -0.25) is 0 Å². The maximum Gasteiger partial charge on any atom is 0.119 e. The van der Waals surface area contributed by atoms with Gasteiger partial charge in [0.15, 0.2) is 0 Å². The first-order valence-corrected chi connectivity index (χ1v) is 5.24. The molecule has 2 aromatic rings. The summed E-state index contributed by atoms with van der Waals surface area (Å²) >= 11 is 0. The van der Waals surface area contributed by atoms with Crippen LogP contribution in [0.1, 0.15) is 0 Å². The van der Waals surface area contributed by atoms with E-state index >= 15 is 0 Å². The molecule has 2 rings (SSSR count). The fourth-order valence-electron chi connectivity index (χ4n) is 1.32. The zero-order valence-corrected chi connectivity index (χ0v) is 9.34. The Bertz CT molecular complexity index is 468. The first kappa shape index (κ1) is 11.1. The van der Waals surface area contributed by atoms with Gasteiger partial charge in [0.25, 0.3) is 0 Å². The molecule has 4 nitrogen and oxygen atoms in total. The fourth-order valence-corrected chi connectivity index (χ4v) is 1.32. The summed E-state index contributed by atoms with van der Waals surface area (Å²) in [4.78, 5) is 7.86. The summed E-state index contributed by atoms with van der Waals surface area (Å²) in [5.41, 5.74) is 1.82. The van der Waals surface area contributed by atoms with Crippen molar-refractivity contribution < 1.29 is 4.74 Å². The number of nitrogens with one attached hydrogen (secondary N) is 1. The van der Waals surface area contributed by atoms with E-state index in [2.05, 4.69) is 21.9 Å². The minimum Gasteiger partial charge on any atom is -0.490 e. The van der Waals surface area contributed by atoms with Crippen LogP contribution in [0.5, 0.6) is 5.75 Å². The Labute approximate surface area is 100.0 Å². The van der Waals surface area contributed by atoms with Crippen LogP contribution >= 0.6 is 0 Å². The van der Waals surface area contributed by atoms with E-state index in [0.29, 0.717) is 6.61 Å². The van der Waals surface area contributed by atoms with Crippen LogP contribution < -0.4 is 10.1 Å². The number of benzene rings is 1. The molecular formula is C13H13N3O. The lowest BCUT2D eigenvalue weighted by Crippen LogP contribution is -1.94. The highest BCUT2D eigenvalue weighted by Crippen LogP contribution is 2.18. The molecule has 0 aliphatic rings. The highest BCUT2D eigenvalue weighted by atomic mass is 16.5. The lowest BCUT2D eigenvalue weighted by Gasteiger charge is -2.07. The Morgan fingerprint density at radius 2 is 1.82 bits per heavy atom. The maximum absolute atomic E-state index is 5.39. The van der Waals surface area contributed by atoms with Crippen LogP contribution in [0.3, 0.4) is 0 Å². The molecule has 0 saturated heterocycles. The molecule has 0 unspecified atom stereocenters. The third kappa shape index (κ3) is 3.31. The van der Waals surface area contributed by atoms with Crippen LogP contribution in [0.2, 0.25) is 0 Å². The molecule has 17 heavy (non-hydrogen) atoms. The predicted molar refractivity (Wildman–Crippen MR) is 67.4 cm³/mol. The first-order chi connectivity index (χ1) is 8.38. The summed E-state index contributed by atoms with van der Waals surface area (Å²) in [6, 6.07) is 7.67. The van der Waals surface area contributed by atoms with Crippen LogP contribution in [-0.4, -0.2) is 16.6 Å². The van der Waals surface area contributed by atoms with Gasteiger partial charge in [0, 0.05) is 5.69 Å². The van der Waals surface area contributed by atoms with E-state index in [4.69, 9.17) is 4.74 Å². The van der Waals surface area contributed by atoms with Crippen LogP contribution in [0, 0.1) is 0 Å². The minimum absolute atomic E-state index is 0.513. The van der Waals surface area contributed by atoms with E-state index in [1.165, 1.54) is 6.33 Å². The van der Waals surface area contributed by atoms with E-state index in [-0.39, 0.29) is 0 Å². The van der Waals surface area contributed by atoms with Gasteiger partial charge in [0.1, 0.15) is 18.7 Å². The summed E-state index contributed by atoms with van der Waals surface area (Å²) in [6.45, 7) is 4.11. The monoisotopic (exact) mass is 227 g/mol. The highest BCUT2D eigenvalue weighted by Gasteiger charge is 1.96. The smallest absolute Gasteiger partial charge is 0.119 e. The molecule has 1 aromatic carbocycles. The second-order valence-corrected chi connectivity index (χ2v) is 3.38. The molecule has 0 fully saturated rings. The normalized spacial score (nSPS) is 9.65. The van der Waals surface area contributed by atoms with Crippen molar-refractivity contribution in [1.29, 1.82) is 0 Å². The highest BCUT2D eigenvalue weighted by molar-refractivity contribution is 5.58. The molecule has 1 N–H and O–H groups in total. The van der Waals surface area contributed by atoms with Gasteiger partial charge in [0.05, 0.1) is 18.1 Å². The Balaban J connectivity index is 2.01. The van der Waals surface area contributed by atoms with Gasteiger partial charge in [-0.2, -0.15) is 0 Å². The number of ether oxygens (including phenoxy) is 1. The molecule has 0 bridgehead atoms. The average Bonchev–Trinajstić information content (AvgIpc) is 2.39. The molecule has 0 radical (unpaired) electrons. The van der Waals surface area contributed by atoms with Crippen molar-refractivity contribution in [3.8, 4) is 5.75 Å². The van der Waals surface area contributed by atoms with Crippen LogP contribution in [0.4, 0.5) is 11.4 Å². The quantitative estimate of drug-likeness (QED) is 0.798. The van der Waals surface area contributed by atoms with E-state index in [9.17, 15) is 0 Å². The standard InChI is InChI=1S/C13H13N3O/c1-2-7-17-13-5-3-11(4-6-13)16-12-8-14-10-15-9-12/h2-6,8-10,16H,1,7H2. The zero-order valence-electron chi connectivity index (χ0n) is 9.34. The number of rotatable bonds is 5. The Morgan fingerprint density at radius 3 is 2.47 bits per heavy atom. The Hall–Kier alpha value is -2.36. The lowest BCUT2D eigenvalue weighted by molar-refractivity contribution is 0.363. The van der Waals surface area contributed by atoms with E-state index in [1.807, 2.05) is 24.3 Å². The molecule has 0 aliphatic heterocycles. The molecule has 0 aliphatic carbocycles. The summed E-state index contributed by atoms with van der Waals surface area (Å²) in [5, 5.41) is 3.19. The second kappa shape index (κ2) is 5.65. The fraction of sp³-hybridized carbons (Fsp3) is 0.0769.